The van der Waals surface area contributed by atoms with Gasteiger partial charge in [-0.25, -0.2) is 0 Å². The van der Waals surface area contributed by atoms with Crippen molar-refractivity contribution in [1.29, 1.82) is 0 Å². The van der Waals surface area contributed by atoms with Crippen LogP contribution in [-0.2, 0) is 14.3 Å². The summed E-state index contributed by atoms with van der Waals surface area (Å²) in [5, 5.41) is 9.44. The molecule has 0 radical (unpaired) electrons. The monoisotopic (exact) mass is 205 g/mol. The summed E-state index contributed by atoms with van der Waals surface area (Å²) >= 11 is 0. The van der Waals surface area contributed by atoms with Crippen LogP contribution in [0, 0.1) is 0 Å². The van der Waals surface area contributed by atoms with E-state index >= 15 is 0 Å². The Morgan fingerprint density at radius 3 is 2.64 bits per heavy atom. The SMILES string of the molecule is CCOCCOC(=O)CC(C)(O)CN. The number of esters is 1. The molecule has 0 saturated carbocycles. The predicted molar refractivity (Wildman–Crippen MR) is 51.7 cm³/mol. The second kappa shape index (κ2) is 6.75. The molecule has 0 aromatic carbocycles. The number of aliphatic hydroxyl groups is 1. The van der Waals surface area contributed by atoms with E-state index in [0.717, 1.165) is 0 Å². The Balaban J connectivity index is 3.55. The van der Waals surface area contributed by atoms with Gasteiger partial charge in [-0.1, -0.05) is 0 Å². The van der Waals surface area contributed by atoms with E-state index in [4.69, 9.17) is 15.2 Å². The van der Waals surface area contributed by atoms with Crippen LogP contribution in [0.15, 0.2) is 0 Å². The van der Waals surface area contributed by atoms with Crippen LogP contribution in [0.1, 0.15) is 20.3 Å². The zero-order chi connectivity index (χ0) is 11.0. The van der Waals surface area contributed by atoms with Gasteiger partial charge in [0.2, 0.25) is 0 Å². The van der Waals surface area contributed by atoms with E-state index in [1.54, 1.807) is 0 Å². The molecule has 0 aromatic heterocycles. The fourth-order valence-electron chi connectivity index (χ4n) is 0.793. The van der Waals surface area contributed by atoms with Crippen LogP contribution < -0.4 is 5.73 Å². The summed E-state index contributed by atoms with van der Waals surface area (Å²) in [7, 11) is 0. The minimum Gasteiger partial charge on any atom is -0.463 e. The first-order valence-electron chi connectivity index (χ1n) is 4.67. The highest BCUT2D eigenvalue weighted by molar-refractivity contribution is 5.70. The van der Waals surface area contributed by atoms with Crippen molar-refractivity contribution in [2.75, 3.05) is 26.4 Å². The molecule has 0 amide bonds. The summed E-state index contributed by atoms with van der Waals surface area (Å²) in [4.78, 5) is 11.1. The lowest BCUT2D eigenvalue weighted by Crippen LogP contribution is -2.37. The Kier molecular flexibility index (Phi) is 6.44. The summed E-state index contributed by atoms with van der Waals surface area (Å²) in [5.74, 6) is -0.458. The zero-order valence-electron chi connectivity index (χ0n) is 8.78. The second-order valence-electron chi connectivity index (χ2n) is 3.30. The van der Waals surface area contributed by atoms with E-state index in [1.807, 2.05) is 6.92 Å². The number of carbonyl (C=O) groups is 1. The fourth-order valence-corrected chi connectivity index (χ4v) is 0.793. The maximum Gasteiger partial charge on any atom is 0.308 e. The van der Waals surface area contributed by atoms with Crippen molar-refractivity contribution in [1.82, 2.24) is 0 Å². The van der Waals surface area contributed by atoms with Gasteiger partial charge in [-0.05, 0) is 13.8 Å². The van der Waals surface area contributed by atoms with Gasteiger partial charge in [-0.15, -0.1) is 0 Å². The van der Waals surface area contributed by atoms with Gasteiger partial charge >= 0.3 is 5.97 Å². The summed E-state index contributed by atoms with van der Waals surface area (Å²) in [5.41, 5.74) is 4.07. The summed E-state index contributed by atoms with van der Waals surface area (Å²) < 4.78 is 9.78. The Morgan fingerprint density at radius 2 is 2.14 bits per heavy atom. The van der Waals surface area contributed by atoms with Gasteiger partial charge in [-0.3, -0.25) is 4.79 Å². The average molecular weight is 205 g/mol. The number of ether oxygens (including phenoxy) is 2. The fraction of sp³-hybridized carbons (Fsp3) is 0.889. The van der Waals surface area contributed by atoms with Crippen LogP contribution in [0.25, 0.3) is 0 Å². The first kappa shape index (κ1) is 13.4. The molecular weight excluding hydrogens is 186 g/mol. The minimum absolute atomic E-state index is 0.0353. The largest absolute Gasteiger partial charge is 0.463 e. The van der Waals surface area contributed by atoms with Gasteiger partial charge in [0.25, 0.3) is 0 Å². The third kappa shape index (κ3) is 6.82. The molecule has 1 atom stereocenters. The lowest BCUT2D eigenvalue weighted by molar-refractivity contribution is -0.149. The quantitative estimate of drug-likeness (QED) is 0.439. The van der Waals surface area contributed by atoms with Crippen molar-refractivity contribution in [3.63, 3.8) is 0 Å². The Labute approximate surface area is 84.2 Å². The van der Waals surface area contributed by atoms with E-state index < -0.39 is 11.6 Å². The van der Waals surface area contributed by atoms with Crippen LogP contribution in [-0.4, -0.2) is 43.0 Å². The van der Waals surface area contributed by atoms with Gasteiger partial charge in [0.05, 0.1) is 18.6 Å². The number of nitrogens with two attached hydrogens (primary N) is 1. The third-order valence-corrected chi connectivity index (χ3v) is 1.66. The molecule has 0 aliphatic heterocycles. The van der Waals surface area contributed by atoms with E-state index in [0.29, 0.717) is 13.2 Å². The van der Waals surface area contributed by atoms with Gasteiger partial charge in [0.15, 0.2) is 0 Å². The van der Waals surface area contributed by atoms with E-state index in [9.17, 15) is 9.90 Å². The summed E-state index contributed by atoms with van der Waals surface area (Å²) in [6.07, 6.45) is -0.0877. The van der Waals surface area contributed by atoms with Crippen molar-refractivity contribution in [2.24, 2.45) is 5.73 Å². The molecule has 3 N–H and O–H groups in total. The Hall–Kier alpha value is -0.650. The topological polar surface area (TPSA) is 81.8 Å². The number of rotatable bonds is 7. The molecule has 0 aliphatic carbocycles. The predicted octanol–water partition coefficient (Wildman–Crippen LogP) is -0.334. The standard InChI is InChI=1S/C9H19NO4/c1-3-13-4-5-14-8(11)6-9(2,12)7-10/h12H,3-7,10H2,1-2H3. The molecule has 14 heavy (non-hydrogen) atoms. The molecule has 5 heteroatoms. The van der Waals surface area contributed by atoms with Crippen LogP contribution in [0.4, 0.5) is 0 Å². The molecule has 0 spiro atoms. The number of carbonyl (C=O) groups excluding carboxylic acids is 1. The van der Waals surface area contributed by atoms with Crippen LogP contribution in [0.2, 0.25) is 0 Å². The van der Waals surface area contributed by atoms with Crippen molar-refractivity contribution < 1.29 is 19.4 Å². The van der Waals surface area contributed by atoms with E-state index in [-0.39, 0.29) is 19.6 Å². The molecule has 0 fully saturated rings. The van der Waals surface area contributed by atoms with Gasteiger partial charge in [0.1, 0.15) is 6.61 Å². The first-order chi connectivity index (χ1) is 6.52. The van der Waals surface area contributed by atoms with Crippen molar-refractivity contribution in [2.45, 2.75) is 25.9 Å². The zero-order valence-corrected chi connectivity index (χ0v) is 8.78. The highest BCUT2D eigenvalue weighted by atomic mass is 16.6. The van der Waals surface area contributed by atoms with Gasteiger partial charge in [-0.2, -0.15) is 0 Å². The molecule has 0 bridgehead atoms. The molecule has 0 aliphatic rings. The normalized spacial score (nSPS) is 14.9. The molecule has 5 nitrogen and oxygen atoms in total. The molecule has 0 rings (SSSR count). The maximum absolute atomic E-state index is 11.1. The minimum atomic E-state index is -1.18. The summed E-state index contributed by atoms with van der Waals surface area (Å²) in [6, 6.07) is 0. The first-order valence-corrected chi connectivity index (χ1v) is 4.67. The second-order valence-corrected chi connectivity index (χ2v) is 3.30. The lowest BCUT2D eigenvalue weighted by atomic mass is 10.0. The van der Waals surface area contributed by atoms with E-state index in [2.05, 4.69) is 0 Å². The highest BCUT2D eigenvalue weighted by Crippen LogP contribution is 2.07. The molecule has 1 unspecified atom stereocenters. The number of hydrogen-bond donors (Lipinski definition) is 2. The average Bonchev–Trinajstić information content (AvgIpc) is 2.12. The Morgan fingerprint density at radius 1 is 1.50 bits per heavy atom. The van der Waals surface area contributed by atoms with Crippen LogP contribution in [0.5, 0.6) is 0 Å². The number of hydrogen-bond acceptors (Lipinski definition) is 5. The van der Waals surface area contributed by atoms with Gasteiger partial charge < -0.3 is 20.3 Å². The third-order valence-electron chi connectivity index (χ3n) is 1.66. The maximum atomic E-state index is 11.1. The van der Waals surface area contributed by atoms with E-state index in [1.165, 1.54) is 6.92 Å². The molecular formula is C9H19NO4. The highest BCUT2D eigenvalue weighted by Gasteiger charge is 2.23. The van der Waals surface area contributed by atoms with Crippen LogP contribution in [0.3, 0.4) is 0 Å². The van der Waals surface area contributed by atoms with Crippen molar-refractivity contribution in [3.05, 3.63) is 0 Å². The van der Waals surface area contributed by atoms with Crippen LogP contribution >= 0.6 is 0 Å². The Bertz CT molecular complexity index is 170. The molecule has 0 heterocycles. The summed E-state index contributed by atoms with van der Waals surface area (Å²) in [6.45, 7) is 4.59. The smallest absolute Gasteiger partial charge is 0.308 e. The molecule has 0 saturated heterocycles. The molecule has 0 aromatic rings. The van der Waals surface area contributed by atoms with Crippen molar-refractivity contribution in [3.8, 4) is 0 Å². The molecule has 84 valence electrons. The van der Waals surface area contributed by atoms with Crippen molar-refractivity contribution >= 4 is 5.97 Å². The lowest BCUT2D eigenvalue weighted by Gasteiger charge is -2.19. The van der Waals surface area contributed by atoms with Gasteiger partial charge in [0, 0.05) is 13.2 Å².